The molecular weight excluding hydrogens is 382 g/mol. The van der Waals surface area contributed by atoms with Crippen LogP contribution in [0.1, 0.15) is 20.8 Å². The van der Waals surface area contributed by atoms with E-state index in [4.69, 9.17) is 4.74 Å². The fraction of sp³-hybridized carbons (Fsp3) is 0.533. The van der Waals surface area contributed by atoms with Crippen LogP contribution in [0.4, 0.5) is 16.2 Å². The van der Waals surface area contributed by atoms with Crippen LogP contribution in [0.15, 0.2) is 22.7 Å². The number of likely N-dealkylation sites (tertiary alicyclic amines) is 1. The number of benzene rings is 1. The van der Waals surface area contributed by atoms with Crippen molar-refractivity contribution in [3.05, 3.63) is 32.8 Å². The van der Waals surface area contributed by atoms with E-state index in [1.54, 1.807) is 32.9 Å². The van der Waals surface area contributed by atoms with E-state index in [0.29, 0.717) is 10.2 Å². The summed E-state index contributed by atoms with van der Waals surface area (Å²) in [6.45, 7) is 5.59. The maximum Gasteiger partial charge on any atom is 0.410 e. The van der Waals surface area contributed by atoms with Crippen molar-refractivity contribution in [3.8, 4) is 0 Å². The zero-order valence-corrected chi connectivity index (χ0v) is 15.2. The normalized spacial score (nSPS) is 20.8. The molecule has 132 valence electrons. The van der Waals surface area contributed by atoms with Crippen LogP contribution in [0.2, 0.25) is 0 Å². The first kappa shape index (κ1) is 18.5. The number of hydrogen-bond donors (Lipinski definition) is 2. The largest absolute Gasteiger partial charge is 0.444 e. The molecule has 1 fully saturated rings. The number of aliphatic hydroxyl groups is 1. The van der Waals surface area contributed by atoms with Crippen LogP contribution in [-0.4, -0.2) is 51.9 Å². The standard InChI is InChI=1S/C15H20BrN3O5/c1-15(2,3)24-14(21)18-7-11(13(20)8-18)17-10-5-4-9(16)6-12(10)19(22)23/h4-6,11,13,17,20H,7-8H2,1-3H3/t11-,13+/m1/s1. The first-order valence-electron chi connectivity index (χ1n) is 7.43. The Hall–Kier alpha value is -1.87. The van der Waals surface area contributed by atoms with Crippen molar-refractivity contribution in [1.82, 2.24) is 4.90 Å². The zero-order chi connectivity index (χ0) is 18.1. The summed E-state index contributed by atoms with van der Waals surface area (Å²) in [6.07, 6.45) is -1.36. The Kier molecular flexibility index (Phi) is 5.34. The average Bonchev–Trinajstić information content (AvgIpc) is 2.80. The van der Waals surface area contributed by atoms with Crippen molar-refractivity contribution in [1.29, 1.82) is 0 Å². The van der Waals surface area contributed by atoms with E-state index < -0.39 is 28.8 Å². The van der Waals surface area contributed by atoms with Gasteiger partial charge in [0.15, 0.2) is 0 Å². The van der Waals surface area contributed by atoms with Crippen molar-refractivity contribution in [3.63, 3.8) is 0 Å². The molecule has 1 saturated heterocycles. The number of nitro groups is 1. The minimum absolute atomic E-state index is 0.104. The molecule has 2 rings (SSSR count). The lowest BCUT2D eigenvalue weighted by Crippen LogP contribution is -2.36. The molecule has 0 bridgehead atoms. The molecule has 0 aromatic heterocycles. The number of hydrogen-bond acceptors (Lipinski definition) is 6. The number of anilines is 1. The lowest BCUT2D eigenvalue weighted by molar-refractivity contribution is -0.384. The Morgan fingerprint density at radius 3 is 2.71 bits per heavy atom. The molecule has 8 nitrogen and oxygen atoms in total. The number of carbonyl (C=O) groups is 1. The molecule has 1 aromatic rings. The van der Waals surface area contributed by atoms with Gasteiger partial charge in [-0.3, -0.25) is 10.1 Å². The quantitative estimate of drug-likeness (QED) is 0.595. The number of halogens is 1. The van der Waals surface area contributed by atoms with Gasteiger partial charge in [0.05, 0.1) is 23.6 Å². The molecule has 1 amide bonds. The van der Waals surface area contributed by atoms with Gasteiger partial charge in [-0.25, -0.2) is 4.79 Å². The highest BCUT2D eigenvalue weighted by Gasteiger charge is 2.37. The van der Waals surface area contributed by atoms with E-state index in [-0.39, 0.29) is 18.8 Å². The fourth-order valence-corrected chi connectivity index (χ4v) is 2.73. The van der Waals surface area contributed by atoms with E-state index in [1.165, 1.54) is 11.0 Å². The van der Waals surface area contributed by atoms with E-state index >= 15 is 0 Å². The molecule has 0 radical (unpaired) electrons. The van der Waals surface area contributed by atoms with Crippen LogP contribution in [0.5, 0.6) is 0 Å². The van der Waals surface area contributed by atoms with Gasteiger partial charge in [0.2, 0.25) is 0 Å². The molecule has 1 aliphatic rings. The van der Waals surface area contributed by atoms with Gasteiger partial charge in [-0.2, -0.15) is 0 Å². The summed E-state index contributed by atoms with van der Waals surface area (Å²) >= 11 is 3.19. The van der Waals surface area contributed by atoms with Crippen LogP contribution in [0.3, 0.4) is 0 Å². The Morgan fingerprint density at radius 2 is 2.12 bits per heavy atom. The van der Waals surface area contributed by atoms with E-state index in [9.17, 15) is 20.0 Å². The number of nitrogens with zero attached hydrogens (tertiary/aromatic N) is 2. The molecule has 0 saturated carbocycles. The minimum atomic E-state index is -0.847. The van der Waals surface area contributed by atoms with Gasteiger partial charge in [-0.15, -0.1) is 0 Å². The third-order valence-electron chi connectivity index (χ3n) is 3.44. The topological polar surface area (TPSA) is 105 Å². The van der Waals surface area contributed by atoms with Crippen molar-refractivity contribution < 1.29 is 19.6 Å². The lowest BCUT2D eigenvalue weighted by atomic mass is 10.2. The maximum absolute atomic E-state index is 12.1. The summed E-state index contributed by atoms with van der Waals surface area (Å²) in [6, 6.07) is 4.10. The number of nitro benzene ring substituents is 1. The number of nitrogens with one attached hydrogen (secondary N) is 1. The van der Waals surface area contributed by atoms with Gasteiger partial charge in [0.1, 0.15) is 11.3 Å². The number of carbonyl (C=O) groups excluding carboxylic acids is 1. The van der Waals surface area contributed by atoms with E-state index in [2.05, 4.69) is 21.2 Å². The van der Waals surface area contributed by atoms with Gasteiger partial charge in [0.25, 0.3) is 5.69 Å². The lowest BCUT2D eigenvalue weighted by Gasteiger charge is -2.24. The number of β-amino-alcohol motifs (C(OH)–C–C–N with tert-alkyl or cyclic N) is 1. The molecule has 9 heteroatoms. The number of amides is 1. The van der Waals surface area contributed by atoms with Gasteiger partial charge in [-0.05, 0) is 32.9 Å². The van der Waals surface area contributed by atoms with Crippen molar-refractivity contribution >= 4 is 33.4 Å². The molecular formula is C15H20BrN3O5. The molecule has 2 atom stereocenters. The van der Waals surface area contributed by atoms with E-state index in [0.717, 1.165) is 0 Å². The Morgan fingerprint density at radius 1 is 1.46 bits per heavy atom. The van der Waals surface area contributed by atoms with Gasteiger partial charge in [-0.1, -0.05) is 15.9 Å². The Bertz CT molecular complexity index is 646. The van der Waals surface area contributed by atoms with Gasteiger partial charge < -0.3 is 20.1 Å². The Balaban J connectivity index is 2.09. The van der Waals surface area contributed by atoms with Crippen LogP contribution < -0.4 is 5.32 Å². The van der Waals surface area contributed by atoms with Crippen molar-refractivity contribution in [2.45, 2.75) is 38.5 Å². The summed E-state index contributed by atoms with van der Waals surface area (Å²) < 4.78 is 5.87. The second kappa shape index (κ2) is 6.94. The van der Waals surface area contributed by atoms with Crippen LogP contribution in [0.25, 0.3) is 0 Å². The summed E-state index contributed by atoms with van der Waals surface area (Å²) in [5, 5.41) is 24.3. The highest BCUT2D eigenvalue weighted by atomic mass is 79.9. The highest BCUT2D eigenvalue weighted by Crippen LogP contribution is 2.30. The van der Waals surface area contributed by atoms with Crippen LogP contribution >= 0.6 is 15.9 Å². The molecule has 1 aliphatic heterocycles. The monoisotopic (exact) mass is 401 g/mol. The summed E-state index contributed by atoms with van der Waals surface area (Å²) in [4.78, 5) is 24.1. The van der Waals surface area contributed by atoms with E-state index in [1.807, 2.05) is 0 Å². The summed E-state index contributed by atoms with van der Waals surface area (Å²) in [7, 11) is 0. The summed E-state index contributed by atoms with van der Waals surface area (Å²) in [5.74, 6) is 0. The minimum Gasteiger partial charge on any atom is -0.444 e. The molecule has 1 heterocycles. The third kappa shape index (κ3) is 4.57. The number of rotatable bonds is 3. The van der Waals surface area contributed by atoms with Crippen LogP contribution in [-0.2, 0) is 4.74 Å². The average molecular weight is 402 g/mol. The molecule has 2 N–H and O–H groups in total. The maximum atomic E-state index is 12.1. The predicted molar refractivity (Wildman–Crippen MR) is 92.0 cm³/mol. The van der Waals surface area contributed by atoms with Crippen LogP contribution in [0, 0.1) is 10.1 Å². The molecule has 1 aromatic carbocycles. The first-order valence-corrected chi connectivity index (χ1v) is 8.22. The number of ether oxygens (including phenoxy) is 1. The second-order valence-electron chi connectivity index (χ2n) is 6.62. The molecule has 24 heavy (non-hydrogen) atoms. The molecule has 0 aliphatic carbocycles. The summed E-state index contributed by atoms with van der Waals surface area (Å²) in [5.41, 5.74) is -0.441. The van der Waals surface area contributed by atoms with Crippen molar-refractivity contribution in [2.75, 3.05) is 18.4 Å². The SMILES string of the molecule is CC(C)(C)OC(=O)N1C[C@H](O)[C@H](Nc2ccc(Br)cc2[N+](=O)[O-])C1. The van der Waals surface area contributed by atoms with Gasteiger partial charge in [0, 0.05) is 17.1 Å². The van der Waals surface area contributed by atoms with Crippen molar-refractivity contribution in [2.24, 2.45) is 0 Å². The fourth-order valence-electron chi connectivity index (χ4n) is 2.38. The van der Waals surface area contributed by atoms with Gasteiger partial charge >= 0.3 is 6.09 Å². The predicted octanol–water partition coefficient (Wildman–Crippen LogP) is 2.75. The highest BCUT2D eigenvalue weighted by molar-refractivity contribution is 9.10. The smallest absolute Gasteiger partial charge is 0.410 e. The first-order chi connectivity index (χ1) is 11.1. The number of aliphatic hydroxyl groups excluding tert-OH is 1. The zero-order valence-electron chi connectivity index (χ0n) is 13.7. The molecule has 0 unspecified atom stereocenters. The Labute approximate surface area is 148 Å². The second-order valence-corrected chi connectivity index (χ2v) is 7.54. The molecule has 0 spiro atoms. The third-order valence-corrected chi connectivity index (χ3v) is 3.93.